The van der Waals surface area contributed by atoms with Gasteiger partial charge in [0.05, 0.1) is 6.42 Å². The molecule has 1 rings (SSSR count). The molecule has 0 aliphatic carbocycles. The third kappa shape index (κ3) is 3.84. The van der Waals surface area contributed by atoms with Gasteiger partial charge >= 0.3 is 5.97 Å². The van der Waals surface area contributed by atoms with Crippen LogP contribution < -0.4 is 5.73 Å². The Kier molecular flexibility index (Phi) is 4.91. The number of nitrogens with two attached hydrogens (primary N) is 1. The van der Waals surface area contributed by atoms with E-state index in [4.69, 9.17) is 10.8 Å². The summed E-state index contributed by atoms with van der Waals surface area (Å²) in [5, 5.41) is 8.90. The molecule has 0 aliphatic heterocycles. The molecule has 3 N–H and O–H groups in total. The monoisotopic (exact) mass is 249 g/mol. The summed E-state index contributed by atoms with van der Waals surface area (Å²) in [5.74, 6) is -0.807. The lowest BCUT2D eigenvalue weighted by atomic mass is 9.78. The number of hydrogen-bond donors (Lipinski definition) is 2. The van der Waals surface area contributed by atoms with E-state index < -0.39 is 11.4 Å². The molecule has 0 aromatic heterocycles. The topological polar surface area (TPSA) is 63.3 Å². The lowest BCUT2D eigenvalue weighted by Crippen LogP contribution is -2.31. The van der Waals surface area contributed by atoms with E-state index in [1.807, 2.05) is 26.0 Å². The molecule has 3 heteroatoms. The number of hydrogen-bond acceptors (Lipinski definition) is 2. The van der Waals surface area contributed by atoms with Crippen molar-refractivity contribution in [1.29, 1.82) is 0 Å². The van der Waals surface area contributed by atoms with Gasteiger partial charge < -0.3 is 10.8 Å². The maximum absolute atomic E-state index is 10.8. The molecule has 0 fully saturated rings. The fourth-order valence-electron chi connectivity index (χ4n) is 2.13. The van der Waals surface area contributed by atoms with Crippen LogP contribution in [0.15, 0.2) is 24.3 Å². The molecule has 0 radical (unpaired) electrons. The van der Waals surface area contributed by atoms with Crippen LogP contribution in [-0.2, 0) is 11.2 Å². The standard InChI is InChI=1S/C15H23NO2/c1-4-5-11-6-8-12(9-7-11)14(16)15(2,3)10-13(17)18/h6-9,14H,4-5,10,16H2,1-3H3,(H,17,18). The molecule has 1 unspecified atom stereocenters. The summed E-state index contributed by atoms with van der Waals surface area (Å²) < 4.78 is 0. The van der Waals surface area contributed by atoms with Gasteiger partial charge in [0.15, 0.2) is 0 Å². The number of rotatable bonds is 6. The first-order chi connectivity index (χ1) is 8.36. The first kappa shape index (κ1) is 14.7. The Labute approximate surface area is 109 Å². The Balaban J connectivity index is 2.82. The predicted molar refractivity (Wildman–Crippen MR) is 73.4 cm³/mol. The summed E-state index contributed by atoms with van der Waals surface area (Å²) in [6.07, 6.45) is 2.26. The smallest absolute Gasteiger partial charge is 0.303 e. The maximum atomic E-state index is 10.8. The van der Waals surface area contributed by atoms with Gasteiger partial charge in [-0.1, -0.05) is 51.5 Å². The Morgan fingerprint density at radius 1 is 1.33 bits per heavy atom. The highest BCUT2D eigenvalue weighted by Gasteiger charge is 2.30. The van der Waals surface area contributed by atoms with Gasteiger partial charge in [-0.3, -0.25) is 4.79 Å². The summed E-state index contributed by atoms with van der Waals surface area (Å²) in [4.78, 5) is 10.8. The summed E-state index contributed by atoms with van der Waals surface area (Å²) in [7, 11) is 0. The maximum Gasteiger partial charge on any atom is 0.303 e. The van der Waals surface area contributed by atoms with E-state index in [1.165, 1.54) is 5.56 Å². The zero-order valence-corrected chi connectivity index (χ0v) is 11.4. The summed E-state index contributed by atoms with van der Waals surface area (Å²) in [6, 6.07) is 7.92. The summed E-state index contributed by atoms with van der Waals surface area (Å²) >= 11 is 0. The fourth-order valence-corrected chi connectivity index (χ4v) is 2.13. The molecule has 1 atom stereocenters. The van der Waals surface area contributed by atoms with Gasteiger partial charge in [-0.2, -0.15) is 0 Å². The number of carboxylic acids is 1. The molecule has 0 amide bonds. The molecule has 100 valence electrons. The van der Waals surface area contributed by atoms with Crippen molar-refractivity contribution in [2.75, 3.05) is 0 Å². The van der Waals surface area contributed by atoms with Crippen molar-refractivity contribution in [3.63, 3.8) is 0 Å². The van der Waals surface area contributed by atoms with E-state index in [-0.39, 0.29) is 12.5 Å². The van der Waals surface area contributed by atoms with Gasteiger partial charge in [0.2, 0.25) is 0 Å². The highest BCUT2D eigenvalue weighted by atomic mass is 16.4. The van der Waals surface area contributed by atoms with Crippen LogP contribution in [-0.4, -0.2) is 11.1 Å². The molecule has 0 bridgehead atoms. The Morgan fingerprint density at radius 2 is 1.89 bits per heavy atom. The van der Waals surface area contributed by atoms with Gasteiger partial charge in [0.1, 0.15) is 0 Å². The van der Waals surface area contributed by atoms with Crippen molar-refractivity contribution in [2.24, 2.45) is 11.1 Å². The molecule has 3 nitrogen and oxygen atoms in total. The molecule has 1 aromatic rings. The van der Waals surface area contributed by atoms with Crippen molar-refractivity contribution in [1.82, 2.24) is 0 Å². The quantitative estimate of drug-likeness (QED) is 0.814. The number of carbonyl (C=O) groups is 1. The highest BCUT2D eigenvalue weighted by molar-refractivity contribution is 5.67. The third-order valence-electron chi connectivity index (χ3n) is 3.33. The lowest BCUT2D eigenvalue weighted by molar-refractivity contribution is -0.139. The molecule has 18 heavy (non-hydrogen) atoms. The van der Waals surface area contributed by atoms with Crippen LogP contribution in [0.1, 0.15) is 50.8 Å². The van der Waals surface area contributed by atoms with E-state index >= 15 is 0 Å². The van der Waals surface area contributed by atoms with Gasteiger partial charge in [-0.15, -0.1) is 0 Å². The largest absolute Gasteiger partial charge is 0.481 e. The second-order valence-corrected chi connectivity index (χ2v) is 5.53. The first-order valence-corrected chi connectivity index (χ1v) is 6.43. The van der Waals surface area contributed by atoms with Crippen molar-refractivity contribution in [3.8, 4) is 0 Å². The number of aliphatic carboxylic acids is 1. The molecule has 0 saturated heterocycles. The normalized spacial score (nSPS) is 13.3. The van der Waals surface area contributed by atoms with Gasteiger partial charge in [-0.05, 0) is 23.0 Å². The van der Waals surface area contributed by atoms with Crippen LogP contribution in [0.3, 0.4) is 0 Å². The zero-order chi connectivity index (χ0) is 13.8. The molecule has 0 heterocycles. The van der Waals surface area contributed by atoms with E-state index in [0.717, 1.165) is 18.4 Å². The summed E-state index contributed by atoms with van der Waals surface area (Å²) in [6.45, 7) is 5.94. The minimum Gasteiger partial charge on any atom is -0.481 e. The van der Waals surface area contributed by atoms with Crippen LogP contribution in [0, 0.1) is 5.41 Å². The zero-order valence-electron chi connectivity index (χ0n) is 11.4. The van der Waals surface area contributed by atoms with Crippen molar-refractivity contribution in [3.05, 3.63) is 35.4 Å². The molecule has 0 spiro atoms. The molecule has 0 saturated carbocycles. The number of benzene rings is 1. The SMILES string of the molecule is CCCc1ccc(C(N)C(C)(C)CC(=O)O)cc1. The highest BCUT2D eigenvalue weighted by Crippen LogP contribution is 2.34. The second-order valence-electron chi connectivity index (χ2n) is 5.53. The fraction of sp³-hybridized carbons (Fsp3) is 0.533. The molecule has 0 aliphatic rings. The number of carboxylic acid groups (broad SMARTS) is 1. The van der Waals surface area contributed by atoms with Gasteiger partial charge in [0, 0.05) is 6.04 Å². The van der Waals surface area contributed by atoms with Crippen LogP contribution in [0.5, 0.6) is 0 Å². The van der Waals surface area contributed by atoms with Crippen LogP contribution in [0.25, 0.3) is 0 Å². The Hall–Kier alpha value is -1.35. The first-order valence-electron chi connectivity index (χ1n) is 6.43. The van der Waals surface area contributed by atoms with E-state index in [0.29, 0.717) is 0 Å². The van der Waals surface area contributed by atoms with Crippen molar-refractivity contribution >= 4 is 5.97 Å². The predicted octanol–water partition coefficient (Wildman–Crippen LogP) is 3.14. The minimum atomic E-state index is -0.807. The van der Waals surface area contributed by atoms with Crippen molar-refractivity contribution < 1.29 is 9.90 Å². The van der Waals surface area contributed by atoms with E-state index in [1.54, 1.807) is 0 Å². The Morgan fingerprint density at radius 3 is 2.33 bits per heavy atom. The number of aryl methyl sites for hydroxylation is 1. The average molecular weight is 249 g/mol. The Bertz CT molecular complexity index is 395. The van der Waals surface area contributed by atoms with Gasteiger partial charge in [0.25, 0.3) is 0 Å². The average Bonchev–Trinajstić information content (AvgIpc) is 2.28. The lowest BCUT2D eigenvalue weighted by Gasteiger charge is -2.30. The van der Waals surface area contributed by atoms with Crippen LogP contribution in [0.4, 0.5) is 0 Å². The van der Waals surface area contributed by atoms with E-state index in [2.05, 4.69) is 19.1 Å². The van der Waals surface area contributed by atoms with Gasteiger partial charge in [-0.25, -0.2) is 0 Å². The molecular weight excluding hydrogens is 226 g/mol. The third-order valence-corrected chi connectivity index (χ3v) is 3.33. The molecule has 1 aromatic carbocycles. The second kappa shape index (κ2) is 6.01. The van der Waals surface area contributed by atoms with E-state index in [9.17, 15) is 4.79 Å². The minimum absolute atomic E-state index is 0.0743. The van der Waals surface area contributed by atoms with Crippen LogP contribution >= 0.6 is 0 Å². The van der Waals surface area contributed by atoms with Crippen LogP contribution in [0.2, 0.25) is 0 Å². The molecular formula is C15H23NO2. The summed E-state index contributed by atoms with van der Waals surface area (Å²) in [5.41, 5.74) is 8.03. The van der Waals surface area contributed by atoms with Crippen molar-refractivity contribution in [2.45, 2.75) is 46.1 Å².